The fourth-order valence-corrected chi connectivity index (χ4v) is 3.41. The lowest BCUT2D eigenvalue weighted by Gasteiger charge is -2.27. The van der Waals surface area contributed by atoms with Crippen molar-refractivity contribution in [2.45, 2.75) is 25.9 Å². The first-order valence-electron chi connectivity index (χ1n) is 7.33. The molecule has 3 nitrogen and oxygen atoms in total. The first-order valence-corrected chi connectivity index (χ1v) is 8.53. The summed E-state index contributed by atoms with van der Waals surface area (Å²) in [5.41, 5.74) is 1.00. The molecule has 118 valence electrons. The number of rotatable bonds is 6. The van der Waals surface area contributed by atoms with Crippen molar-refractivity contribution in [1.82, 2.24) is 10.2 Å². The lowest BCUT2D eigenvalue weighted by atomic mass is 10.0. The lowest BCUT2D eigenvalue weighted by molar-refractivity contribution is -0.126. The van der Waals surface area contributed by atoms with E-state index in [4.69, 9.17) is 11.6 Å². The van der Waals surface area contributed by atoms with Crippen molar-refractivity contribution in [3.63, 3.8) is 0 Å². The van der Waals surface area contributed by atoms with Crippen LogP contribution in [0.2, 0.25) is 4.34 Å². The smallest absolute Gasteiger partial charge is 0.242 e. The molecule has 0 saturated carbocycles. The highest BCUT2D eigenvalue weighted by atomic mass is 35.5. The van der Waals surface area contributed by atoms with Crippen LogP contribution in [0.3, 0.4) is 0 Å². The predicted octanol–water partition coefficient (Wildman–Crippen LogP) is 4.27. The van der Waals surface area contributed by atoms with E-state index in [1.54, 1.807) is 0 Å². The Balaban J connectivity index is 2.16. The Morgan fingerprint density at radius 1 is 1.27 bits per heavy atom. The molecule has 0 aliphatic rings. The van der Waals surface area contributed by atoms with Crippen LogP contribution in [0.1, 0.15) is 36.4 Å². The predicted molar refractivity (Wildman–Crippen MR) is 93.4 cm³/mol. The van der Waals surface area contributed by atoms with Crippen LogP contribution in [-0.4, -0.2) is 24.4 Å². The highest BCUT2D eigenvalue weighted by Crippen LogP contribution is 2.28. The molecule has 2 unspecified atom stereocenters. The average molecular weight is 337 g/mol. The Kier molecular flexibility index (Phi) is 6.00. The van der Waals surface area contributed by atoms with Gasteiger partial charge in [0, 0.05) is 4.88 Å². The number of hydrogen-bond acceptors (Lipinski definition) is 3. The maximum atomic E-state index is 12.8. The Hall–Kier alpha value is -1.36. The van der Waals surface area contributed by atoms with Gasteiger partial charge in [-0.05, 0) is 38.2 Å². The summed E-state index contributed by atoms with van der Waals surface area (Å²) >= 11 is 7.47. The summed E-state index contributed by atoms with van der Waals surface area (Å²) in [5.74, 6) is 0.00701. The third-order valence-corrected chi connectivity index (χ3v) is 5.10. The Morgan fingerprint density at radius 3 is 2.50 bits per heavy atom. The molecule has 0 bridgehead atoms. The van der Waals surface area contributed by atoms with Crippen molar-refractivity contribution in [2.24, 2.45) is 0 Å². The number of hydrogen-bond donors (Lipinski definition) is 1. The highest BCUT2D eigenvalue weighted by molar-refractivity contribution is 7.16. The minimum Gasteiger partial charge on any atom is -0.347 e. The molecule has 0 radical (unpaired) electrons. The fraction of sp³-hybridized carbons (Fsp3) is 0.353. The minimum absolute atomic E-state index is 0.00701. The van der Waals surface area contributed by atoms with Gasteiger partial charge in [-0.15, -0.1) is 11.3 Å². The lowest BCUT2D eigenvalue weighted by Crippen LogP contribution is -2.39. The summed E-state index contributed by atoms with van der Waals surface area (Å²) in [6.07, 6.45) is 0. The second kappa shape index (κ2) is 7.77. The SMILES string of the molecule is CCN(C)C(C(=O)NC(C)c1ccc(Cl)s1)c1ccccc1. The second-order valence-corrected chi connectivity index (χ2v) is 7.01. The zero-order chi connectivity index (χ0) is 16.1. The van der Waals surface area contributed by atoms with Gasteiger partial charge in [-0.1, -0.05) is 48.9 Å². The van der Waals surface area contributed by atoms with Gasteiger partial charge in [0.1, 0.15) is 6.04 Å². The van der Waals surface area contributed by atoms with E-state index < -0.39 is 0 Å². The Labute approximate surface area is 140 Å². The highest BCUT2D eigenvalue weighted by Gasteiger charge is 2.25. The summed E-state index contributed by atoms with van der Waals surface area (Å²) in [7, 11) is 1.96. The molecule has 0 spiro atoms. The van der Waals surface area contributed by atoms with Crippen molar-refractivity contribution in [3.05, 3.63) is 57.2 Å². The number of likely N-dealkylation sites (N-methyl/N-ethyl adjacent to an activating group) is 1. The van der Waals surface area contributed by atoms with Gasteiger partial charge in [0.25, 0.3) is 0 Å². The van der Waals surface area contributed by atoms with E-state index in [-0.39, 0.29) is 18.0 Å². The average Bonchev–Trinajstić information content (AvgIpc) is 2.95. The fourth-order valence-electron chi connectivity index (χ4n) is 2.35. The molecule has 22 heavy (non-hydrogen) atoms. The zero-order valence-electron chi connectivity index (χ0n) is 13.0. The molecule has 0 fully saturated rings. The van der Waals surface area contributed by atoms with Gasteiger partial charge in [-0.25, -0.2) is 0 Å². The van der Waals surface area contributed by atoms with Crippen LogP contribution in [0, 0.1) is 0 Å². The van der Waals surface area contributed by atoms with Gasteiger partial charge in [0.2, 0.25) is 5.91 Å². The quantitative estimate of drug-likeness (QED) is 0.854. The van der Waals surface area contributed by atoms with E-state index in [1.807, 2.05) is 68.3 Å². The maximum Gasteiger partial charge on any atom is 0.242 e. The summed E-state index contributed by atoms with van der Waals surface area (Å²) in [5, 5.41) is 3.09. The van der Waals surface area contributed by atoms with Crippen molar-refractivity contribution in [1.29, 1.82) is 0 Å². The molecule has 0 saturated heterocycles. The zero-order valence-corrected chi connectivity index (χ0v) is 14.6. The van der Waals surface area contributed by atoms with Crippen molar-refractivity contribution < 1.29 is 4.79 Å². The molecule has 0 aliphatic carbocycles. The summed E-state index contributed by atoms with van der Waals surface area (Å²) < 4.78 is 0.737. The van der Waals surface area contributed by atoms with Crippen LogP contribution in [0.4, 0.5) is 0 Å². The Bertz CT molecular complexity index is 614. The molecular weight excluding hydrogens is 316 g/mol. The van der Waals surface area contributed by atoms with E-state index in [2.05, 4.69) is 5.32 Å². The van der Waals surface area contributed by atoms with Crippen molar-refractivity contribution >= 4 is 28.8 Å². The van der Waals surface area contributed by atoms with Crippen LogP contribution in [-0.2, 0) is 4.79 Å². The summed E-state index contributed by atoms with van der Waals surface area (Å²) in [4.78, 5) is 15.9. The van der Waals surface area contributed by atoms with Crippen LogP contribution < -0.4 is 5.32 Å². The monoisotopic (exact) mass is 336 g/mol. The largest absolute Gasteiger partial charge is 0.347 e. The van der Waals surface area contributed by atoms with Crippen LogP contribution >= 0.6 is 22.9 Å². The minimum atomic E-state index is -0.288. The normalized spacial score (nSPS) is 13.9. The van der Waals surface area contributed by atoms with E-state index in [0.29, 0.717) is 0 Å². The van der Waals surface area contributed by atoms with Crippen LogP contribution in [0.25, 0.3) is 0 Å². The van der Waals surface area contributed by atoms with E-state index in [9.17, 15) is 4.79 Å². The molecule has 1 aromatic heterocycles. The summed E-state index contributed by atoms with van der Waals surface area (Å²) in [6.45, 7) is 4.83. The molecule has 5 heteroatoms. The van der Waals surface area contributed by atoms with Crippen molar-refractivity contribution in [3.8, 4) is 0 Å². The van der Waals surface area contributed by atoms with Gasteiger partial charge in [0.05, 0.1) is 10.4 Å². The van der Waals surface area contributed by atoms with E-state index in [1.165, 1.54) is 11.3 Å². The van der Waals surface area contributed by atoms with E-state index >= 15 is 0 Å². The molecule has 2 rings (SSSR count). The van der Waals surface area contributed by atoms with Gasteiger partial charge < -0.3 is 5.32 Å². The molecular formula is C17H21ClN2OS. The van der Waals surface area contributed by atoms with E-state index in [0.717, 1.165) is 21.3 Å². The number of thiophene rings is 1. The third-order valence-electron chi connectivity index (χ3n) is 3.68. The number of nitrogens with zero attached hydrogens (tertiary/aromatic N) is 1. The topological polar surface area (TPSA) is 32.3 Å². The first-order chi connectivity index (χ1) is 10.5. The van der Waals surface area contributed by atoms with Crippen LogP contribution in [0.15, 0.2) is 42.5 Å². The second-order valence-electron chi connectivity index (χ2n) is 5.26. The number of amides is 1. The number of nitrogens with one attached hydrogen (secondary N) is 1. The third kappa shape index (κ3) is 4.09. The standard InChI is InChI=1S/C17H21ClN2OS/c1-4-20(3)16(13-8-6-5-7-9-13)17(21)19-12(2)14-10-11-15(18)22-14/h5-12,16H,4H2,1-3H3,(H,19,21). The maximum absolute atomic E-state index is 12.8. The number of carbonyl (C=O) groups excluding carboxylic acids is 1. The van der Waals surface area contributed by atoms with Gasteiger partial charge in [-0.2, -0.15) is 0 Å². The van der Waals surface area contributed by atoms with Gasteiger partial charge >= 0.3 is 0 Å². The van der Waals surface area contributed by atoms with Crippen LogP contribution in [0.5, 0.6) is 0 Å². The Morgan fingerprint density at radius 2 is 1.95 bits per heavy atom. The first kappa shape index (κ1) is 17.0. The molecule has 1 amide bonds. The molecule has 2 atom stereocenters. The molecule has 1 heterocycles. The van der Waals surface area contributed by atoms with Gasteiger partial charge in [0.15, 0.2) is 0 Å². The number of halogens is 1. The van der Waals surface area contributed by atoms with Gasteiger partial charge in [-0.3, -0.25) is 9.69 Å². The summed E-state index contributed by atoms with van der Waals surface area (Å²) in [6, 6.07) is 13.3. The molecule has 2 aromatic rings. The molecule has 0 aliphatic heterocycles. The van der Waals surface area contributed by atoms with Crippen molar-refractivity contribution in [2.75, 3.05) is 13.6 Å². The molecule has 1 aromatic carbocycles. The number of benzene rings is 1. The molecule has 1 N–H and O–H groups in total. The number of carbonyl (C=O) groups is 1.